The van der Waals surface area contributed by atoms with Gasteiger partial charge in [0.25, 0.3) is 0 Å². The second-order valence-electron chi connectivity index (χ2n) is 8.56. The van der Waals surface area contributed by atoms with Gasteiger partial charge in [-0.25, -0.2) is 0 Å². The molecule has 2 unspecified atom stereocenters. The zero-order valence-corrected chi connectivity index (χ0v) is 21.5. The number of halogens is 1. The molecule has 4 rings (SSSR count). The van der Waals surface area contributed by atoms with Gasteiger partial charge in [0, 0.05) is 50.7 Å². The highest BCUT2D eigenvalue weighted by atomic mass is 127. The number of aliphatic imine (C=N–C) groups is 1. The summed E-state index contributed by atoms with van der Waals surface area (Å²) in [5, 5.41) is 10.2. The Morgan fingerprint density at radius 3 is 2.73 bits per heavy atom. The van der Waals surface area contributed by atoms with Crippen LogP contribution < -0.4 is 5.32 Å². The molecule has 2 aromatic heterocycles. The van der Waals surface area contributed by atoms with Crippen LogP contribution in [0.15, 0.2) is 34.9 Å². The number of guanidine groups is 1. The molecule has 2 atom stereocenters. The van der Waals surface area contributed by atoms with Crippen LogP contribution >= 0.6 is 35.3 Å². The lowest BCUT2D eigenvalue weighted by atomic mass is 9.97. The number of thiophene rings is 1. The van der Waals surface area contributed by atoms with E-state index in [4.69, 9.17) is 0 Å². The van der Waals surface area contributed by atoms with Gasteiger partial charge in [-0.2, -0.15) is 5.10 Å². The second-order valence-corrected chi connectivity index (χ2v) is 9.54. The van der Waals surface area contributed by atoms with Crippen molar-refractivity contribution in [2.45, 2.75) is 38.1 Å². The van der Waals surface area contributed by atoms with Gasteiger partial charge in [0.05, 0.1) is 12.2 Å². The molecule has 8 heteroatoms. The van der Waals surface area contributed by atoms with Crippen LogP contribution in [0, 0.1) is 5.92 Å². The van der Waals surface area contributed by atoms with E-state index >= 15 is 0 Å². The molecule has 30 heavy (non-hydrogen) atoms. The third-order valence-corrected chi connectivity index (χ3v) is 7.45. The van der Waals surface area contributed by atoms with E-state index in [9.17, 15) is 0 Å². The molecule has 0 amide bonds. The van der Waals surface area contributed by atoms with Crippen molar-refractivity contribution in [3.8, 4) is 0 Å². The van der Waals surface area contributed by atoms with E-state index in [-0.39, 0.29) is 24.0 Å². The molecule has 1 N–H and O–H groups in total. The number of aromatic nitrogens is 2. The van der Waals surface area contributed by atoms with Crippen molar-refractivity contribution in [3.05, 3.63) is 40.3 Å². The fraction of sp³-hybridized carbons (Fsp3) is 0.636. The molecule has 0 aliphatic carbocycles. The molecule has 4 heterocycles. The summed E-state index contributed by atoms with van der Waals surface area (Å²) in [5.74, 6) is 2.42. The van der Waals surface area contributed by atoms with Gasteiger partial charge in [-0.1, -0.05) is 13.0 Å². The van der Waals surface area contributed by atoms with E-state index in [2.05, 4.69) is 55.8 Å². The van der Waals surface area contributed by atoms with Crippen LogP contribution in [0.3, 0.4) is 0 Å². The fourth-order valence-corrected chi connectivity index (χ4v) is 5.49. The van der Waals surface area contributed by atoms with Crippen molar-refractivity contribution in [1.29, 1.82) is 0 Å². The topological polar surface area (TPSA) is 48.7 Å². The minimum absolute atomic E-state index is 0. The first kappa shape index (κ1) is 23.5. The number of nitrogens with zero attached hydrogens (tertiary/aromatic N) is 5. The average Bonchev–Trinajstić information content (AvgIpc) is 3.48. The molecule has 0 radical (unpaired) electrons. The Bertz CT molecular complexity index is 796. The molecule has 2 saturated heterocycles. The van der Waals surface area contributed by atoms with Gasteiger partial charge < -0.3 is 10.2 Å². The summed E-state index contributed by atoms with van der Waals surface area (Å²) in [6.45, 7) is 7.73. The maximum Gasteiger partial charge on any atom is 0.193 e. The summed E-state index contributed by atoms with van der Waals surface area (Å²) >= 11 is 1.87. The Morgan fingerprint density at radius 2 is 2.10 bits per heavy atom. The molecule has 2 aromatic rings. The number of hydrogen-bond acceptors (Lipinski definition) is 4. The Balaban J connectivity index is 0.00000256. The van der Waals surface area contributed by atoms with Gasteiger partial charge in [0.2, 0.25) is 0 Å². The van der Waals surface area contributed by atoms with Crippen molar-refractivity contribution < 1.29 is 0 Å². The lowest BCUT2D eigenvalue weighted by molar-refractivity contribution is 0.140. The van der Waals surface area contributed by atoms with Crippen LogP contribution in [0.4, 0.5) is 0 Å². The van der Waals surface area contributed by atoms with Gasteiger partial charge in [-0.05, 0) is 55.3 Å². The standard InChI is InChI=1S/C22H34N6S.HI/c1-17-6-9-27(10-7-17)20(21-5-4-12-29-21)14-24-22(23-2)28-11-8-18(16-28)19-13-25-26(3)15-19;/h4-5,12-13,15,17-18,20H,6-11,14,16H2,1-3H3,(H,23,24);1H. The highest BCUT2D eigenvalue weighted by Crippen LogP contribution is 2.30. The van der Waals surface area contributed by atoms with Crippen LogP contribution in [0.5, 0.6) is 0 Å². The van der Waals surface area contributed by atoms with Gasteiger partial charge in [0.15, 0.2) is 5.96 Å². The van der Waals surface area contributed by atoms with Crippen LogP contribution in [-0.2, 0) is 7.05 Å². The molecule has 0 spiro atoms. The third-order valence-electron chi connectivity index (χ3n) is 6.48. The minimum atomic E-state index is 0. The number of aryl methyl sites for hydroxylation is 1. The van der Waals surface area contributed by atoms with E-state index < -0.39 is 0 Å². The summed E-state index contributed by atoms with van der Waals surface area (Å²) in [4.78, 5) is 11.1. The fourth-order valence-electron chi connectivity index (χ4n) is 4.63. The molecular weight excluding hydrogens is 507 g/mol. The monoisotopic (exact) mass is 542 g/mol. The molecule has 2 aliphatic heterocycles. The van der Waals surface area contributed by atoms with E-state index in [0.29, 0.717) is 12.0 Å². The normalized spacial score (nSPS) is 22.2. The minimum Gasteiger partial charge on any atom is -0.354 e. The zero-order chi connectivity index (χ0) is 20.2. The molecule has 6 nitrogen and oxygen atoms in total. The molecule has 0 saturated carbocycles. The summed E-state index contributed by atoms with van der Waals surface area (Å²) in [6.07, 6.45) is 7.92. The number of nitrogens with one attached hydrogen (secondary N) is 1. The maximum atomic E-state index is 4.61. The summed E-state index contributed by atoms with van der Waals surface area (Å²) in [5.41, 5.74) is 1.34. The Morgan fingerprint density at radius 1 is 1.30 bits per heavy atom. The number of likely N-dealkylation sites (tertiary alicyclic amines) is 2. The van der Waals surface area contributed by atoms with Gasteiger partial charge >= 0.3 is 0 Å². The van der Waals surface area contributed by atoms with Crippen molar-refractivity contribution in [1.82, 2.24) is 24.9 Å². The molecular formula is C22H35IN6S. The predicted octanol–water partition coefficient (Wildman–Crippen LogP) is 3.94. The van der Waals surface area contributed by atoms with Gasteiger partial charge in [-0.15, -0.1) is 35.3 Å². The SMILES string of the molecule is CN=C(NCC(c1cccs1)N1CCC(C)CC1)N1CCC(c2cnn(C)c2)C1.I. The average molecular weight is 543 g/mol. The second kappa shape index (κ2) is 10.9. The molecule has 2 fully saturated rings. The van der Waals surface area contributed by atoms with E-state index in [1.807, 2.05) is 36.3 Å². The molecule has 0 aromatic carbocycles. The van der Waals surface area contributed by atoms with Gasteiger partial charge in [0.1, 0.15) is 0 Å². The van der Waals surface area contributed by atoms with E-state index in [0.717, 1.165) is 37.9 Å². The van der Waals surface area contributed by atoms with Gasteiger partial charge in [-0.3, -0.25) is 14.6 Å². The van der Waals surface area contributed by atoms with Crippen LogP contribution in [0.25, 0.3) is 0 Å². The number of piperidine rings is 1. The largest absolute Gasteiger partial charge is 0.354 e. The van der Waals surface area contributed by atoms with E-state index in [1.54, 1.807) is 0 Å². The quantitative estimate of drug-likeness (QED) is 0.354. The smallest absolute Gasteiger partial charge is 0.193 e. The highest BCUT2D eigenvalue weighted by Gasteiger charge is 2.29. The first-order valence-electron chi connectivity index (χ1n) is 10.9. The van der Waals surface area contributed by atoms with Crippen molar-refractivity contribution in [2.75, 3.05) is 39.8 Å². The molecule has 0 bridgehead atoms. The Hall–Kier alpha value is -1.13. The summed E-state index contributed by atoms with van der Waals surface area (Å²) in [6, 6.07) is 4.88. The number of rotatable bonds is 5. The molecule has 166 valence electrons. The Labute approximate surface area is 201 Å². The zero-order valence-electron chi connectivity index (χ0n) is 18.3. The summed E-state index contributed by atoms with van der Waals surface area (Å²) in [7, 11) is 3.89. The lowest BCUT2D eigenvalue weighted by Crippen LogP contribution is -2.45. The predicted molar refractivity (Wildman–Crippen MR) is 136 cm³/mol. The lowest BCUT2D eigenvalue weighted by Gasteiger charge is -2.37. The maximum absolute atomic E-state index is 4.61. The first-order chi connectivity index (χ1) is 14.1. The van der Waals surface area contributed by atoms with Crippen LogP contribution in [0.1, 0.15) is 48.6 Å². The number of hydrogen-bond donors (Lipinski definition) is 1. The third kappa shape index (κ3) is 5.56. The first-order valence-corrected chi connectivity index (χ1v) is 11.7. The van der Waals surface area contributed by atoms with E-state index in [1.165, 1.54) is 36.4 Å². The van der Waals surface area contributed by atoms with Crippen molar-refractivity contribution in [3.63, 3.8) is 0 Å². The van der Waals surface area contributed by atoms with Crippen molar-refractivity contribution >= 4 is 41.3 Å². The summed E-state index contributed by atoms with van der Waals surface area (Å²) < 4.78 is 1.90. The Kier molecular flexibility index (Phi) is 8.59. The van der Waals surface area contributed by atoms with Crippen LogP contribution in [0.2, 0.25) is 0 Å². The molecule has 2 aliphatic rings. The van der Waals surface area contributed by atoms with Crippen molar-refractivity contribution in [2.24, 2.45) is 18.0 Å². The van der Waals surface area contributed by atoms with Crippen LogP contribution in [-0.4, -0.2) is 65.3 Å². The highest BCUT2D eigenvalue weighted by molar-refractivity contribution is 14.0.